The number of benzene rings is 1. The Hall–Kier alpha value is -2.21. The van der Waals surface area contributed by atoms with Crippen molar-refractivity contribution in [2.75, 3.05) is 54.1 Å². The second-order valence-electron chi connectivity index (χ2n) is 8.05. The van der Waals surface area contributed by atoms with Gasteiger partial charge in [0.1, 0.15) is 0 Å². The fourth-order valence-corrected chi connectivity index (χ4v) is 4.96. The molecule has 0 radical (unpaired) electrons. The first kappa shape index (κ1) is 19.1. The molecule has 1 saturated heterocycles. The molecule has 1 saturated carbocycles. The van der Waals surface area contributed by atoms with Gasteiger partial charge in [-0.05, 0) is 42.7 Å². The molecule has 3 atom stereocenters. The Morgan fingerprint density at radius 1 is 0.964 bits per heavy atom. The highest BCUT2D eigenvalue weighted by Gasteiger charge is 2.37. The lowest BCUT2D eigenvalue weighted by Crippen LogP contribution is -2.50. The second kappa shape index (κ2) is 8.03. The Bertz CT molecular complexity index is 730. The van der Waals surface area contributed by atoms with Crippen LogP contribution in [0.15, 0.2) is 24.3 Å². The van der Waals surface area contributed by atoms with Crippen LogP contribution < -0.4 is 14.2 Å². The lowest BCUT2D eigenvalue weighted by atomic mass is 9.93. The number of fused-ring (bicyclic) bond motifs is 2. The molecule has 0 N–H and O–H groups in total. The van der Waals surface area contributed by atoms with Gasteiger partial charge in [0.25, 0.3) is 5.91 Å². The van der Waals surface area contributed by atoms with E-state index in [1.165, 1.54) is 12.8 Å². The van der Waals surface area contributed by atoms with E-state index in [0.717, 1.165) is 50.5 Å². The smallest absolute Gasteiger partial charge is 0.254 e. The van der Waals surface area contributed by atoms with Crippen molar-refractivity contribution in [3.63, 3.8) is 0 Å². The van der Waals surface area contributed by atoms with Gasteiger partial charge in [-0.1, -0.05) is 12.2 Å². The SMILES string of the molecule is COc1cc(C(=O)N2CCN(C[C@@H]3C[C@H]4C=C[C@H]3C4)CC2)cc(OC)c1OC. The van der Waals surface area contributed by atoms with E-state index in [2.05, 4.69) is 17.1 Å². The maximum absolute atomic E-state index is 13.0. The number of ether oxygens (including phenoxy) is 3. The minimum absolute atomic E-state index is 0.0155. The third-order valence-corrected chi connectivity index (χ3v) is 6.48. The predicted molar refractivity (Wildman–Crippen MR) is 107 cm³/mol. The number of rotatable bonds is 6. The average molecular weight is 386 g/mol. The van der Waals surface area contributed by atoms with Crippen molar-refractivity contribution < 1.29 is 19.0 Å². The molecule has 152 valence electrons. The zero-order valence-corrected chi connectivity index (χ0v) is 17.0. The van der Waals surface area contributed by atoms with E-state index in [1.54, 1.807) is 33.5 Å². The highest BCUT2D eigenvalue weighted by molar-refractivity contribution is 5.95. The van der Waals surface area contributed by atoms with Crippen LogP contribution in [0.2, 0.25) is 0 Å². The van der Waals surface area contributed by atoms with Crippen LogP contribution >= 0.6 is 0 Å². The summed E-state index contributed by atoms with van der Waals surface area (Å²) in [5.74, 6) is 3.93. The minimum atomic E-state index is 0.0155. The summed E-state index contributed by atoms with van der Waals surface area (Å²) in [5, 5.41) is 0. The Balaban J connectivity index is 1.38. The van der Waals surface area contributed by atoms with Crippen LogP contribution in [0.25, 0.3) is 0 Å². The van der Waals surface area contributed by atoms with Gasteiger partial charge in [0.05, 0.1) is 21.3 Å². The summed E-state index contributed by atoms with van der Waals surface area (Å²) in [6.07, 6.45) is 7.51. The van der Waals surface area contributed by atoms with Crippen molar-refractivity contribution in [3.05, 3.63) is 29.8 Å². The molecule has 1 aromatic rings. The normalized spacial score (nSPS) is 26.5. The lowest BCUT2D eigenvalue weighted by Gasteiger charge is -2.37. The van der Waals surface area contributed by atoms with E-state index in [-0.39, 0.29) is 5.91 Å². The number of allylic oxidation sites excluding steroid dienone is 2. The van der Waals surface area contributed by atoms with E-state index in [0.29, 0.717) is 22.8 Å². The first-order valence-corrected chi connectivity index (χ1v) is 10.1. The van der Waals surface area contributed by atoms with E-state index in [1.807, 2.05) is 4.90 Å². The third kappa shape index (κ3) is 3.58. The molecule has 4 rings (SSSR count). The number of carbonyl (C=O) groups is 1. The second-order valence-corrected chi connectivity index (χ2v) is 8.05. The van der Waals surface area contributed by atoms with Gasteiger partial charge in [-0.15, -0.1) is 0 Å². The first-order valence-electron chi connectivity index (χ1n) is 10.1. The van der Waals surface area contributed by atoms with Gasteiger partial charge < -0.3 is 19.1 Å². The highest BCUT2D eigenvalue weighted by Crippen LogP contribution is 2.43. The number of piperazine rings is 1. The molecule has 0 aromatic heterocycles. The van der Waals surface area contributed by atoms with Crippen LogP contribution in [0, 0.1) is 17.8 Å². The number of hydrogen-bond acceptors (Lipinski definition) is 5. The van der Waals surface area contributed by atoms with E-state index in [4.69, 9.17) is 14.2 Å². The summed E-state index contributed by atoms with van der Waals surface area (Å²) < 4.78 is 16.1. The summed E-state index contributed by atoms with van der Waals surface area (Å²) >= 11 is 0. The van der Waals surface area contributed by atoms with E-state index in [9.17, 15) is 4.79 Å². The number of nitrogens with zero attached hydrogens (tertiary/aromatic N) is 2. The largest absolute Gasteiger partial charge is 0.493 e. The molecule has 2 aliphatic carbocycles. The molecule has 0 spiro atoms. The summed E-state index contributed by atoms with van der Waals surface area (Å²) in [5.41, 5.74) is 0.571. The van der Waals surface area contributed by atoms with Crippen molar-refractivity contribution in [1.82, 2.24) is 9.80 Å². The maximum atomic E-state index is 13.0. The van der Waals surface area contributed by atoms with Gasteiger partial charge in [0, 0.05) is 38.3 Å². The number of carbonyl (C=O) groups excluding carboxylic acids is 1. The van der Waals surface area contributed by atoms with Crippen LogP contribution in [0.3, 0.4) is 0 Å². The van der Waals surface area contributed by atoms with Crippen LogP contribution in [0.5, 0.6) is 17.2 Å². The minimum Gasteiger partial charge on any atom is -0.493 e. The lowest BCUT2D eigenvalue weighted by molar-refractivity contribution is 0.0609. The van der Waals surface area contributed by atoms with Crippen LogP contribution in [-0.4, -0.2) is 69.8 Å². The quantitative estimate of drug-likeness (QED) is 0.704. The Labute approximate surface area is 167 Å². The van der Waals surface area contributed by atoms with Gasteiger partial charge in [-0.3, -0.25) is 9.69 Å². The molecule has 0 unspecified atom stereocenters. The maximum Gasteiger partial charge on any atom is 0.254 e. The molecule has 1 heterocycles. The Morgan fingerprint density at radius 2 is 1.64 bits per heavy atom. The summed E-state index contributed by atoms with van der Waals surface area (Å²) in [6.45, 7) is 4.55. The topological polar surface area (TPSA) is 51.2 Å². The first-order chi connectivity index (χ1) is 13.6. The zero-order valence-electron chi connectivity index (χ0n) is 17.0. The summed E-state index contributed by atoms with van der Waals surface area (Å²) in [6, 6.07) is 3.47. The molecule has 6 nitrogen and oxygen atoms in total. The van der Waals surface area contributed by atoms with Crippen LogP contribution in [0.1, 0.15) is 23.2 Å². The fraction of sp³-hybridized carbons (Fsp3) is 0.591. The molecular formula is C22H30N2O4. The van der Waals surface area contributed by atoms with Gasteiger partial charge in [0.15, 0.2) is 11.5 Å². The van der Waals surface area contributed by atoms with Crippen LogP contribution in [-0.2, 0) is 0 Å². The number of amides is 1. The molecule has 1 amide bonds. The van der Waals surface area contributed by atoms with Crippen molar-refractivity contribution in [2.45, 2.75) is 12.8 Å². The van der Waals surface area contributed by atoms with Crippen molar-refractivity contribution in [3.8, 4) is 17.2 Å². The van der Waals surface area contributed by atoms with Crippen LogP contribution in [0.4, 0.5) is 0 Å². The van der Waals surface area contributed by atoms with Gasteiger partial charge in [-0.2, -0.15) is 0 Å². The molecule has 1 aromatic carbocycles. The Kier molecular flexibility index (Phi) is 5.49. The number of hydrogen-bond donors (Lipinski definition) is 0. The van der Waals surface area contributed by atoms with E-state index < -0.39 is 0 Å². The monoisotopic (exact) mass is 386 g/mol. The van der Waals surface area contributed by atoms with Gasteiger partial charge in [0.2, 0.25) is 5.75 Å². The average Bonchev–Trinajstić information content (AvgIpc) is 3.36. The molecule has 2 fully saturated rings. The molecule has 1 aliphatic heterocycles. The molecular weight excluding hydrogens is 356 g/mol. The van der Waals surface area contributed by atoms with Gasteiger partial charge in [-0.25, -0.2) is 0 Å². The van der Waals surface area contributed by atoms with Gasteiger partial charge >= 0.3 is 0 Å². The highest BCUT2D eigenvalue weighted by atomic mass is 16.5. The molecule has 2 bridgehead atoms. The van der Waals surface area contributed by atoms with Crippen molar-refractivity contribution in [2.24, 2.45) is 17.8 Å². The fourth-order valence-electron chi connectivity index (χ4n) is 4.96. The Morgan fingerprint density at radius 3 is 2.14 bits per heavy atom. The molecule has 3 aliphatic rings. The molecule has 6 heteroatoms. The zero-order chi connectivity index (χ0) is 19.7. The van der Waals surface area contributed by atoms with Crippen molar-refractivity contribution in [1.29, 1.82) is 0 Å². The van der Waals surface area contributed by atoms with E-state index >= 15 is 0 Å². The number of methoxy groups -OCH3 is 3. The third-order valence-electron chi connectivity index (χ3n) is 6.48. The predicted octanol–water partition coefficient (Wildman–Crippen LogP) is 2.68. The molecule has 28 heavy (non-hydrogen) atoms. The summed E-state index contributed by atoms with van der Waals surface area (Å²) in [4.78, 5) is 17.5. The van der Waals surface area contributed by atoms with Crippen molar-refractivity contribution >= 4 is 5.91 Å². The standard InChI is InChI=1S/C22H30N2O4/c1-26-19-12-17(13-20(27-2)21(19)28-3)22(25)24-8-6-23(7-9-24)14-18-11-15-4-5-16(18)10-15/h4-5,12-13,15-16,18H,6-11,14H2,1-3H3/t15-,16-,18-/m0/s1. The summed E-state index contributed by atoms with van der Waals surface area (Å²) in [7, 11) is 4.69.